The predicted octanol–water partition coefficient (Wildman–Crippen LogP) is 4.83. The third-order valence-corrected chi connectivity index (χ3v) is 4.52. The normalized spacial score (nSPS) is 13.4. The Kier molecular flexibility index (Phi) is 4.48. The molecular weight excluding hydrogens is 318 g/mol. The van der Waals surface area contributed by atoms with Gasteiger partial charge in [0.2, 0.25) is 0 Å². The number of nitrogens with zero attached hydrogens (tertiary/aromatic N) is 1. The molecule has 2 heterocycles. The molecule has 0 unspecified atom stereocenters. The molecule has 3 rings (SSSR count). The lowest BCUT2D eigenvalue weighted by atomic mass is 10.2. The predicted molar refractivity (Wildman–Crippen MR) is 95.5 cm³/mol. The van der Waals surface area contributed by atoms with Crippen molar-refractivity contribution in [2.75, 3.05) is 5.75 Å². The van der Waals surface area contributed by atoms with Gasteiger partial charge in [0.1, 0.15) is 10.5 Å². The summed E-state index contributed by atoms with van der Waals surface area (Å²) in [5.74, 6) is 1.69. The number of rotatable bonds is 3. The number of hydrogen-bond donors (Lipinski definition) is 2. The van der Waals surface area contributed by atoms with E-state index in [2.05, 4.69) is 39.2 Å². The fourth-order valence-electron chi connectivity index (χ4n) is 2.05. The summed E-state index contributed by atoms with van der Waals surface area (Å²) in [6, 6.07) is 10.3. The first-order valence-electron chi connectivity index (χ1n) is 6.50. The molecule has 2 aromatic rings. The third kappa shape index (κ3) is 3.58. The zero-order chi connectivity index (χ0) is 14.7. The Labute approximate surface area is 137 Å². The highest BCUT2D eigenvalue weighted by atomic mass is 32.2. The zero-order valence-corrected chi connectivity index (χ0v) is 13.6. The van der Waals surface area contributed by atoms with Crippen LogP contribution in [0.25, 0.3) is 6.08 Å². The van der Waals surface area contributed by atoms with Crippen LogP contribution >= 0.6 is 36.2 Å². The van der Waals surface area contributed by atoms with Gasteiger partial charge in [0.05, 0.1) is 5.04 Å². The summed E-state index contributed by atoms with van der Waals surface area (Å²) >= 11 is 12.1. The van der Waals surface area contributed by atoms with Gasteiger partial charge < -0.3 is 9.97 Å². The summed E-state index contributed by atoms with van der Waals surface area (Å²) in [6.45, 7) is 0. The van der Waals surface area contributed by atoms with E-state index in [0.717, 1.165) is 28.6 Å². The number of hydrogen-bond acceptors (Lipinski definition) is 4. The highest BCUT2D eigenvalue weighted by Crippen LogP contribution is 2.28. The molecule has 3 nitrogen and oxygen atoms in total. The van der Waals surface area contributed by atoms with Crippen molar-refractivity contribution < 1.29 is 0 Å². The fraction of sp³-hybridized carbons (Fsp3) is 0.133. The van der Waals surface area contributed by atoms with E-state index in [1.54, 1.807) is 11.8 Å². The maximum Gasteiger partial charge on any atom is 0.177 e. The average molecular weight is 331 g/mol. The summed E-state index contributed by atoms with van der Waals surface area (Å²) in [6.07, 6.45) is 5.05. The van der Waals surface area contributed by atoms with Crippen molar-refractivity contribution in [3.63, 3.8) is 0 Å². The van der Waals surface area contributed by atoms with Gasteiger partial charge in [0.15, 0.2) is 4.77 Å². The van der Waals surface area contributed by atoms with Crippen LogP contribution in [0.1, 0.15) is 11.1 Å². The van der Waals surface area contributed by atoms with E-state index >= 15 is 0 Å². The number of fused-ring (bicyclic) bond motifs is 1. The zero-order valence-electron chi connectivity index (χ0n) is 11.1. The van der Waals surface area contributed by atoms with E-state index in [0.29, 0.717) is 9.41 Å². The van der Waals surface area contributed by atoms with Gasteiger partial charge in [-0.05, 0) is 17.8 Å². The number of H-pyrrole nitrogens is 2. The monoisotopic (exact) mass is 331 g/mol. The summed E-state index contributed by atoms with van der Waals surface area (Å²) in [4.78, 5) is 10.6. The standard InChI is InChI=1S/C15H13N3S3/c19-14-11-9-12(16-13(11)17-15(20)18-14)21-8-4-7-10-5-2-1-3-6-10/h1-7H,8-9H2,(H2,17,18,19,20)/b7-4+. The lowest BCUT2D eigenvalue weighted by molar-refractivity contribution is 1.08. The minimum atomic E-state index is 0.526. The first-order valence-corrected chi connectivity index (χ1v) is 8.30. The summed E-state index contributed by atoms with van der Waals surface area (Å²) < 4.78 is 1.21. The van der Waals surface area contributed by atoms with Gasteiger partial charge in [0, 0.05) is 17.7 Å². The van der Waals surface area contributed by atoms with Gasteiger partial charge in [-0.1, -0.05) is 54.7 Å². The molecule has 0 fully saturated rings. The Morgan fingerprint density at radius 2 is 2.00 bits per heavy atom. The van der Waals surface area contributed by atoms with Crippen LogP contribution in [0.4, 0.5) is 5.82 Å². The Hall–Kier alpha value is -1.50. The quantitative estimate of drug-likeness (QED) is 0.791. The number of nitrogens with one attached hydrogen (secondary N) is 2. The van der Waals surface area contributed by atoms with Crippen LogP contribution in [0, 0.1) is 9.41 Å². The largest absolute Gasteiger partial charge is 0.323 e. The molecule has 6 heteroatoms. The number of aliphatic imine (C=N–C) groups is 1. The number of aromatic nitrogens is 2. The molecule has 0 radical (unpaired) electrons. The number of aromatic amines is 2. The lowest BCUT2D eigenvalue weighted by Gasteiger charge is -1.97. The van der Waals surface area contributed by atoms with Gasteiger partial charge in [-0.25, -0.2) is 4.99 Å². The fourth-order valence-corrected chi connectivity index (χ4v) is 3.37. The van der Waals surface area contributed by atoms with Crippen LogP contribution in [0.5, 0.6) is 0 Å². The molecule has 2 N–H and O–H groups in total. The summed E-state index contributed by atoms with van der Waals surface area (Å²) in [5, 5.41) is 1.07. The molecule has 1 aromatic carbocycles. The topological polar surface area (TPSA) is 43.9 Å². The van der Waals surface area contributed by atoms with E-state index in [1.807, 2.05) is 18.2 Å². The number of thioether (sulfide) groups is 1. The number of benzene rings is 1. The smallest absolute Gasteiger partial charge is 0.177 e. The van der Waals surface area contributed by atoms with Crippen molar-refractivity contribution in [2.24, 2.45) is 4.99 Å². The highest BCUT2D eigenvalue weighted by Gasteiger charge is 2.16. The Balaban J connectivity index is 1.62. The minimum Gasteiger partial charge on any atom is -0.323 e. The van der Waals surface area contributed by atoms with E-state index in [-0.39, 0.29) is 0 Å². The average Bonchev–Trinajstić information content (AvgIpc) is 2.88. The van der Waals surface area contributed by atoms with E-state index in [9.17, 15) is 0 Å². The van der Waals surface area contributed by atoms with Crippen molar-refractivity contribution in [2.45, 2.75) is 6.42 Å². The van der Waals surface area contributed by atoms with Crippen molar-refractivity contribution in [1.29, 1.82) is 0 Å². The van der Waals surface area contributed by atoms with Gasteiger partial charge >= 0.3 is 0 Å². The molecule has 21 heavy (non-hydrogen) atoms. The van der Waals surface area contributed by atoms with E-state index in [4.69, 9.17) is 24.4 Å². The maximum absolute atomic E-state index is 5.28. The van der Waals surface area contributed by atoms with Gasteiger partial charge in [-0.3, -0.25) is 0 Å². The molecule has 0 atom stereocenters. The Bertz CT molecular complexity index is 816. The first-order chi connectivity index (χ1) is 10.2. The molecule has 0 saturated heterocycles. The second kappa shape index (κ2) is 6.51. The molecule has 1 aromatic heterocycles. The third-order valence-electron chi connectivity index (χ3n) is 3.04. The highest BCUT2D eigenvalue weighted by molar-refractivity contribution is 8.14. The van der Waals surface area contributed by atoms with Crippen LogP contribution in [-0.4, -0.2) is 20.8 Å². The van der Waals surface area contributed by atoms with E-state index < -0.39 is 0 Å². The van der Waals surface area contributed by atoms with Crippen LogP contribution in [0.3, 0.4) is 0 Å². The lowest BCUT2D eigenvalue weighted by Crippen LogP contribution is -1.94. The minimum absolute atomic E-state index is 0.526. The van der Waals surface area contributed by atoms with Crippen molar-refractivity contribution in [1.82, 2.24) is 9.97 Å². The van der Waals surface area contributed by atoms with Crippen LogP contribution < -0.4 is 0 Å². The molecule has 0 aliphatic carbocycles. The summed E-state index contributed by atoms with van der Waals surface area (Å²) in [7, 11) is 0. The molecule has 0 bridgehead atoms. The van der Waals surface area contributed by atoms with Gasteiger partial charge in [-0.2, -0.15) is 0 Å². The second-order valence-corrected chi connectivity index (χ2v) is 6.45. The summed E-state index contributed by atoms with van der Waals surface area (Å²) in [5.41, 5.74) is 2.24. The molecule has 0 spiro atoms. The van der Waals surface area contributed by atoms with Crippen molar-refractivity contribution >= 4 is 53.1 Å². The van der Waals surface area contributed by atoms with Gasteiger partial charge in [0.25, 0.3) is 0 Å². The van der Waals surface area contributed by atoms with Crippen molar-refractivity contribution in [3.8, 4) is 0 Å². The Morgan fingerprint density at radius 3 is 2.81 bits per heavy atom. The van der Waals surface area contributed by atoms with Crippen LogP contribution in [0.2, 0.25) is 0 Å². The molecule has 1 aliphatic rings. The van der Waals surface area contributed by atoms with Crippen molar-refractivity contribution in [3.05, 3.63) is 56.9 Å². The molecular formula is C15H13N3S3. The van der Waals surface area contributed by atoms with Crippen LogP contribution in [-0.2, 0) is 6.42 Å². The maximum atomic E-state index is 5.28. The first kappa shape index (κ1) is 14.4. The molecule has 0 saturated carbocycles. The van der Waals surface area contributed by atoms with Gasteiger partial charge in [-0.15, -0.1) is 11.8 Å². The SMILES string of the molecule is S=c1[nH]c2c(c(=S)[nH]1)CC(SC/C=C/c1ccccc1)=N2. The Morgan fingerprint density at radius 1 is 1.19 bits per heavy atom. The van der Waals surface area contributed by atoms with Crippen LogP contribution in [0.15, 0.2) is 41.4 Å². The van der Waals surface area contributed by atoms with E-state index in [1.165, 1.54) is 5.56 Å². The molecule has 1 aliphatic heterocycles. The molecule has 0 amide bonds. The molecule has 106 valence electrons. The second-order valence-electron chi connectivity index (χ2n) is 4.54.